The summed E-state index contributed by atoms with van der Waals surface area (Å²) in [6.45, 7) is 5.30. The average molecular weight is 441 g/mol. The van der Waals surface area contributed by atoms with Crippen LogP contribution in [-0.4, -0.2) is 42.2 Å². The molecule has 1 aliphatic heterocycles. The summed E-state index contributed by atoms with van der Waals surface area (Å²) >= 11 is 3.42. The number of nitrogens with zero attached hydrogens (tertiary/aromatic N) is 4. The Kier molecular flexibility index (Phi) is 5.54. The number of fused-ring (bicyclic) bond motifs is 1. The third-order valence-electron chi connectivity index (χ3n) is 4.78. The van der Waals surface area contributed by atoms with E-state index in [0.717, 1.165) is 36.3 Å². The van der Waals surface area contributed by atoms with Gasteiger partial charge in [0.25, 0.3) is 5.56 Å². The van der Waals surface area contributed by atoms with Crippen LogP contribution in [0.2, 0.25) is 0 Å². The molecule has 0 radical (unpaired) electrons. The predicted molar refractivity (Wildman–Crippen MR) is 116 cm³/mol. The molecule has 3 aromatic rings. The lowest BCUT2D eigenvalue weighted by molar-refractivity contribution is 0.122. The molecular formula is C21H21BrN4O2. The molecule has 6 nitrogen and oxygen atoms in total. The molecule has 28 heavy (non-hydrogen) atoms. The first-order valence-electron chi connectivity index (χ1n) is 9.34. The number of aryl methyl sites for hydroxylation is 1. The Morgan fingerprint density at radius 3 is 2.64 bits per heavy atom. The quantitative estimate of drug-likeness (QED) is 0.583. The van der Waals surface area contributed by atoms with Gasteiger partial charge in [-0.05, 0) is 35.9 Å². The van der Waals surface area contributed by atoms with E-state index in [1.165, 1.54) is 10.4 Å². The van der Waals surface area contributed by atoms with E-state index in [1.807, 2.05) is 31.2 Å². The molecule has 0 spiro atoms. The lowest BCUT2D eigenvalue weighted by Gasteiger charge is -2.28. The minimum Gasteiger partial charge on any atom is -0.378 e. The first-order chi connectivity index (χ1) is 13.7. The third-order valence-corrected chi connectivity index (χ3v) is 5.28. The van der Waals surface area contributed by atoms with Crippen molar-refractivity contribution in [1.29, 1.82) is 0 Å². The van der Waals surface area contributed by atoms with Crippen LogP contribution in [0.3, 0.4) is 0 Å². The van der Waals surface area contributed by atoms with Gasteiger partial charge in [-0.2, -0.15) is 9.78 Å². The fourth-order valence-corrected chi connectivity index (χ4v) is 3.62. The van der Waals surface area contributed by atoms with Gasteiger partial charge in [0.1, 0.15) is 5.82 Å². The van der Waals surface area contributed by atoms with Crippen molar-refractivity contribution >= 4 is 38.7 Å². The number of halogens is 1. The van der Waals surface area contributed by atoms with Crippen molar-refractivity contribution in [3.63, 3.8) is 0 Å². The molecule has 0 N–H and O–H groups in total. The number of morpholine rings is 1. The summed E-state index contributed by atoms with van der Waals surface area (Å²) in [6.07, 6.45) is 2.32. The zero-order valence-corrected chi connectivity index (χ0v) is 17.2. The second-order valence-electron chi connectivity index (χ2n) is 6.60. The number of hydrogen-bond acceptors (Lipinski definition) is 5. The van der Waals surface area contributed by atoms with Crippen LogP contribution >= 0.6 is 15.9 Å². The molecule has 2 heterocycles. The van der Waals surface area contributed by atoms with Gasteiger partial charge < -0.3 is 9.64 Å². The molecule has 0 bridgehead atoms. The van der Waals surface area contributed by atoms with E-state index in [4.69, 9.17) is 4.74 Å². The minimum atomic E-state index is -0.163. The lowest BCUT2D eigenvalue weighted by Crippen LogP contribution is -2.36. The van der Waals surface area contributed by atoms with E-state index in [-0.39, 0.29) is 5.56 Å². The van der Waals surface area contributed by atoms with Gasteiger partial charge in [-0.3, -0.25) is 4.79 Å². The van der Waals surface area contributed by atoms with Gasteiger partial charge in [0.15, 0.2) is 0 Å². The normalized spacial score (nSPS) is 14.9. The molecule has 0 saturated carbocycles. The van der Waals surface area contributed by atoms with Crippen LogP contribution in [0.25, 0.3) is 10.9 Å². The average Bonchev–Trinajstić information content (AvgIpc) is 2.74. The van der Waals surface area contributed by atoms with Gasteiger partial charge in [-0.15, -0.1) is 0 Å². The molecule has 1 saturated heterocycles. The van der Waals surface area contributed by atoms with Crippen LogP contribution < -0.4 is 10.5 Å². The highest BCUT2D eigenvalue weighted by Gasteiger charge is 2.11. The highest BCUT2D eigenvalue weighted by Crippen LogP contribution is 2.17. The Hall–Kier alpha value is -2.51. The summed E-state index contributed by atoms with van der Waals surface area (Å²) in [5, 5.41) is 4.98. The fraction of sp³-hybridized carbons (Fsp3) is 0.286. The summed E-state index contributed by atoms with van der Waals surface area (Å²) < 4.78 is 7.64. The number of hydrogen-bond donors (Lipinski definition) is 0. The molecule has 7 heteroatoms. The van der Waals surface area contributed by atoms with E-state index < -0.39 is 0 Å². The van der Waals surface area contributed by atoms with Crippen molar-refractivity contribution in [3.8, 4) is 0 Å². The van der Waals surface area contributed by atoms with Crippen LogP contribution in [0.1, 0.15) is 18.3 Å². The molecule has 2 aromatic carbocycles. The van der Waals surface area contributed by atoms with Gasteiger partial charge in [0.2, 0.25) is 0 Å². The van der Waals surface area contributed by atoms with Crippen molar-refractivity contribution in [1.82, 2.24) is 9.66 Å². The maximum Gasteiger partial charge on any atom is 0.282 e. The SMILES string of the molecule is CCc1nc2ccc(Br)cc2c(=O)n1N=Cc1ccc(N2CCOCC2)cc1. The van der Waals surface area contributed by atoms with E-state index in [9.17, 15) is 4.79 Å². The van der Waals surface area contributed by atoms with Gasteiger partial charge in [0.05, 0.1) is 30.3 Å². The molecule has 4 rings (SSSR count). The van der Waals surface area contributed by atoms with Crippen LogP contribution in [0.15, 0.2) is 56.8 Å². The molecule has 1 aromatic heterocycles. The van der Waals surface area contributed by atoms with Crippen molar-refractivity contribution in [3.05, 3.63) is 68.7 Å². The Bertz CT molecular complexity index is 1070. The fourth-order valence-electron chi connectivity index (χ4n) is 3.26. The first-order valence-corrected chi connectivity index (χ1v) is 10.1. The van der Waals surface area contributed by atoms with Gasteiger partial charge in [0, 0.05) is 29.7 Å². The number of aromatic nitrogens is 2. The number of anilines is 1. The highest BCUT2D eigenvalue weighted by molar-refractivity contribution is 9.10. The first kappa shape index (κ1) is 18.8. The topological polar surface area (TPSA) is 59.7 Å². The van der Waals surface area contributed by atoms with E-state index in [1.54, 1.807) is 12.3 Å². The molecule has 1 aliphatic rings. The van der Waals surface area contributed by atoms with Gasteiger partial charge in [-0.1, -0.05) is 35.0 Å². The highest BCUT2D eigenvalue weighted by atomic mass is 79.9. The molecule has 0 atom stereocenters. The van der Waals surface area contributed by atoms with E-state index in [2.05, 4.69) is 43.0 Å². The second-order valence-corrected chi connectivity index (χ2v) is 7.51. The largest absolute Gasteiger partial charge is 0.378 e. The second kappa shape index (κ2) is 8.24. The lowest BCUT2D eigenvalue weighted by atomic mass is 10.2. The Morgan fingerprint density at radius 2 is 1.93 bits per heavy atom. The molecule has 0 unspecified atom stereocenters. The maximum atomic E-state index is 12.9. The molecule has 144 valence electrons. The molecule has 1 fully saturated rings. The van der Waals surface area contributed by atoms with E-state index in [0.29, 0.717) is 23.1 Å². The zero-order valence-electron chi connectivity index (χ0n) is 15.6. The van der Waals surface area contributed by atoms with Crippen molar-refractivity contribution in [2.45, 2.75) is 13.3 Å². The van der Waals surface area contributed by atoms with Crippen molar-refractivity contribution in [2.24, 2.45) is 5.10 Å². The summed E-state index contributed by atoms with van der Waals surface area (Å²) in [5.74, 6) is 0.640. The maximum absolute atomic E-state index is 12.9. The van der Waals surface area contributed by atoms with Crippen molar-refractivity contribution < 1.29 is 4.74 Å². The van der Waals surface area contributed by atoms with Crippen LogP contribution in [0.4, 0.5) is 5.69 Å². The molecule has 0 amide bonds. The standard InChI is InChI=1S/C21H21BrN4O2/c1-2-20-24-19-8-5-16(22)13-18(19)21(27)26(20)23-14-15-3-6-17(7-4-15)25-9-11-28-12-10-25/h3-8,13-14H,2,9-12H2,1H3. The Labute approximate surface area is 171 Å². The van der Waals surface area contributed by atoms with Crippen LogP contribution in [0.5, 0.6) is 0 Å². The van der Waals surface area contributed by atoms with Crippen LogP contribution in [-0.2, 0) is 11.2 Å². The monoisotopic (exact) mass is 440 g/mol. The summed E-state index contributed by atoms with van der Waals surface area (Å²) in [6, 6.07) is 13.7. The van der Waals surface area contributed by atoms with Crippen LogP contribution in [0, 0.1) is 0 Å². The summed E-state index contributed by atoms with van der Waals surface area (Å²) in [7, 11) is 0. The van der Waals surface area contributed by atoms with Crippen molar-refractivity contribution in [2.75, 3.05) is 31.2 Å². The predicted octanol–water partition coefficient (Wildman–Crippen LogP) is 3.44. The third kappa shape index (κ3) is 3.86. The molecule has 0 aliphatic carbocycles. The minimum absolute atomic E-state index is 0.163. The smallest absolute Gasteiger partial charge is 0.282 e. The number of rotatable bonds is 4. The van der Waals surface area contributed by atoms with Gasteiger partial charge >= 0.3 is 0 Å². The van der Waals surface area contributed by atoms with E-state index >= 15 is 0 Å². The van der Waals surface area contributed by atoms with Gasteiger partial charge in [-0.25, -0.2) is 4.98 Å². The zero-order chi connectivity index (χ0) is 19.5. The summed E-state index contributed by atoms with van der Waals surface area (Å²) in [5.41, 5.74) is 2.63. The Balaban J connectivity index is 1.64. The molecular weight excluding hydrogens is 420 g/mol. The number of ether oxygens (including phenoxy) is 1. The Morgan fingerprint density at radius 1 is 1.18 bits per heavy atom. The summed E-state index contributed by atoms with van der Waals surface area (Å²) in [4.78, 5) is 19.8. The number of benzene rings is 2.